The second-order valence-corrected chi connectivity index (χ2v) is 6.39. The van der Waals surface area contributed by atoms with E-state index in [4.69, 9.17) is 4.74 Å². The summed E-state index contributed by atoms with van der Waals surface area (Å²) in [6, 6.07) is 10.3. The monoisotopic (exact) mass is 362 g/mol. The van der Waals surface area contributed by atoms with Gasteiger partial charge in [-0.3, -0.25) is 9.89 Å². The molecule has 3 heterocycles. The molecule has 6 nitrogen and oxygen atoms in total. The van der Waals surface area contributed by atoms with Gasteiger partial charge in [0.25, 0.3) is 5.91 Å². The minimum atomic E-state index is 0. The summed E-state index contributed by atoms with van der Waals surface area (Å²) in [5.74, 6) is 0.0116. The number of benzene rings is 1. The number of nitrogens with one attached hydrogen (secondary N) is 2. The number of amides is 1. The van der Waals surface area contributed by atoms with Crippen molar-refractivity contribution in [3.8, 4) is 0 Å². The van der Waals surface area contributed by atoms with Crippen molar-refractivity contribution in [3.05, 3.63) is 52.8 Å². The summed E-state index contributed by atoms with van der Waals surface area (Å²) < 4.78 is 5.86. The summed E-state index contributed by atoms with van der Waals surface area (Å²) in [6.45, 7) is 3.46. The fraction of sp³-hybridized carbons (Fsp3) is 0.444. The van der Waals surface area contributed by atoms with Gasteiger partial charge in [0.1, 0.15) is 0 Å². The molecule has 0 aliphatic carbocycles. The Morgan fingerprint density at radius 3 is 3.00 bits per heavy atom. The fourth-order valence-electron chi connectivity index (χ4n) is 3.46. The molecule has 0 bridgehead atoms. The summed E-state index contributed by atoms with van der Waals surface area (Å²) in [6.07, 6.45) is 1.76. The average Bonchev–Trinajstić information content (AvgIpc) is 3.06. The maximum atomic E-state index is 12.9. The van der Waals surface area contributed by atoms with Gasteiger partial charge >= 0.3 is 0 Å². The van der Waals surface area contributed by atoms with Gasteiger partial charge in [0, 0.05) is 50.3 Å². The molecule has 1 fully saturated rings. The van der Waals surface area contributed by atoms with Gasteiger partial charge in [-0.2, -0.15) is 5.10 Å². The molecule has 0 radical (unpaired) electrons. The molecule has 2 aliphatic rings. The van der Waals surface area contributed by atoms with Crippen molar-refractivity contribution in [3.63, 3.8) is 0 Å². The third kappa shape index (κ3) is 3.86. The van der Waals surface area contributed by atoms with Crippen LogP contribution in [0.4, 0.5) is 0 Å². The number of aromatic amines is 1. The number of carbonyl (C=O) groups is 1. The van der Waals surface area contributed by atoms with Crippen LogP contribution in [0.15, 0.2) is 30.3 Å². The molecule has 1 unspecified atom stereocenters. The Morgan fingerprint density at radius 1 is 1.32 bits per heavy atom. The van der Waals surface area contributed by atoms with Crippen molar-refractivity contribution in [1.82, 2.24) is 20.4 Å². The second-order valence-electron chi connectivity index (χ2n) is 6.39. The Kier molecular flexibility index (Phi) is 5.73. The van der Waals surface area contributed by atoms with Crippen LogP contribution in [-0.4, -0.2) is 53.3 Å². The molecule has 1 atom stereocenters. The zero-order valence-corrected chi connectivity index (χ0v) is 14.8. The number of hydrogen-bond acceptors (Lipinski definition) is 4. The van der Waals surface area contributed by atoms with Crippen LogP contribution in [0, 0.1) is 0 Å². The molecule has 7 heteroatoms. The summed E-state index contributed by atoms with van der Waals surface area (Å²) in [5, 5.41) is 10.6. The number of carbonyl (C=O) groups excluding carboxylic acids is 1. The minimum Gasteiger partial charge on any atom is -0.374 e. The highest BCUT2D eigenvalue weighted by Gasteiger charge is 2.29. The zero-order chi connectivity index (χ0) is 16.4. The molecule has 25 heavy (non-hydrogen) atoms. The van der Waals surface area contributed by atoms with E-state index >= 15 is 0 Å². The van der Waals surface area contributed by atoms with Gasteiger partial charge in [0.15, 0.2) is 5.69 Å². The lowest BCUT2D eigenvalue weighted by Gasteiger charge is -2.33. The molecule has 1 aromatic heterocycles. The lowest BCUT2D eigenvalue weighted by molar-refractivity contribution is -0.0210. The van der Waals surface area contributed by atoms with Crippen LogP contribution in [0.1, 0.15) is 27.3 Å². The predicted molar refractivity (Wildman–Crippen MR) is 97.0 cm³/mol. The normalized spacial score (nSPS) is 19.8. The number of aromatic nitrogens is 2. The Labute approximate surface area is 153 Å². The molecule has 1 amide bonds. The van der Waals surface area contributed by atoms with E-state index in [1.807, 2.05) is 23.1 Å². The van der Waals surface area contributed by atoms with Crippen LogP contribution in [0.25, 0.3) is 0 Å². The summed E-state index contributed by atoms with van der Waals surface area (Å²) in [4.78, 5) is 14.8. The Morgan fingerprint density at radius 2 is 2.16 bits per heavy atom. The maximum absolute atomic E-state index is 12.9. The number of halogens is 1. The molecule has 1 aromatic carbocycles. The van der Waals surface area contributed by atoms with Gasteiger partial charge in [0.05, 0.1) is 12.7 Å². The Bertz CT molecular complexity index is 719. The highest BCUT2D eigenvalue weighted by atomic mass is 35.5. The smallest absolute Gasteiger partial charge is 0.274 e. The van der Waals surface area contributed by atoms with E-state index in [1.165, 1.54) is 5.56 Å². The van der Waals surface area contributed by atoms with E-state index in [2.05, 4.69) is 27.6 Å². The summed E-state index contributed by atoms with van der Waals surface area (Å²) in [7, 11) is 0. The fourth-order valence-corrected chi connectivity index (χ4v) is 3.46. The Hall–Kier alpha value is -1.89. The van der Waals surface area contributed by atoms with E-state index in [9.17, 15) is 4.79 Å². The highest BCUT2D eigenvalue weighted by Crippen LogP contribution is 2.19. The number of fused-ring (bicyclic) bond motifs is 1. The highest BCUT2D eigenvalue weighted by molar-refractivity contribution is 5.94. The standard InChI is InChI=1S/C18H22N4O2.ClH/c23-18(17-15-11-19-7-6-16(15)20-21-17)22-8-9-24-14(12-22)10-13-4-2-1-3-5-13;/h1-5,14,19H,6-12H2,(H,20,21);1H. The van der Waals surface area contributed by atoms with Gasteiger partial charge in [-0.1, -0.05) is 30.3 Å². The molecule has 2 aromatic rings. The van der Waals surface area contributed by atoms with Crippen molar-refractivity contribution in [2.45, 2.75) is 25.5 Å². The first-order valence-electron chi connectivity index (χ1n) is 8.53. The lowest BCUT2D eigenvalue weighted by atomic mass is 10.0. The van der Waals surface area contributed by atoms with Crippen molar-refractivity contribution < 1.29 is 9.53 Å². The van der Waals surface area contributed by atoms with E-state index in [0.29, 0.717) is 31.9 Å². The Balaban J connectivity index is 0.00000182. The number of nitrogens with zero attached hydrogens (tertiary/aromatic N) is 2. The number of H-pyrrole nitrogens is 1. The lowest BCUT2D eigenvalue weighted by Crippen LogP contribution is -2.46. The third-order valence-corrected chi connectivity index (χ3v) is 4.74. The van der Waals surface area contributed by atoms with E-state index in [1.54, 1.807) is 0 Å². The first-order valence-corrected chi connectivity index (χ1v) is 8.53. The minimum absolute atomic E-state index is 0. The summed E-state index contributed by atoms with van der Waals surface area (Å²) >= 11 is 0. The van der Waals surface area contributed by atoms with Gasteiger partial charge in [-0.05, 0) is 5.56 Å². The SMILES string of the molecule is Cl.O=C(c1n[nH]c2c1CNCC2)N1CCOC(Cc2ccccc2)C1. The van der Waals surface area contributed by atoms with Gasteiger partial charge in [-0.15, -0.1) is 12.4 Å². The van der Waals surface area contributed by atoms with Crippen LogP contribution >= 0.6 is 12.4 Å². The number of ether oxygens (including phenoxy) is 1. The molecule has 0 saturated carbocycles. The van der Waals surface area contributed by atoms with Gasteiger partial charge in [0.2, 0.25) is 0 Å². The second kappa shape index (κ2) is 7.99. The largest absolute Gasteiger partial charge is 0.374 e. The van der Waals surface area contributed by atoms with Crippen LogP contribution in [0.2, 0.25) is 0 Å². The molecule has 134 valence electrons. The van der Waals surface area contributed by atoms with Crippen molar-refractivity contribution >= 4 is 18.3 Å². The van der Waals surface area contributed by atoms with Crippen LogP contribution < -0.4 is 5.32 Å². The first kappa shape index (κ1) is 17.9. The van der Waals surface area contributed by atoms with Crippen molar-refractivity contribution in [2.24, 2.45) is 0 Å². The van der Waals surface area contributed by atoms with Crippen LogP contribution in [0.5, 0.6) is 0 Å². The van der Waals surface area contributed by atoms with Crippen molar-refractivity contribution in [1.29, 1.82) is 0 Å². The van der Waals surface area contributed by atoms with E-state index in [-0.39, 0.29) is 24.4 Å². The van der Waals surface area contributed by atoms with Gasteiger partial charge < -0.3 is 15.0 Å². The number of hydrogen-bond donors (Lipinski definition) is 2. The maximum Gasteiger partial charge on any atom is 0.274 e. The van der Waals surface area contributed by atoms with Gasteiger partial charge in [-0.25, -0.2) is 0 Å². The average molecular weight is 363 g/mol. The molecule has 0 spiro atoms. The molecule has 2 aliphatic heterocycles. The molecule has 2 N–H and O–H groups in total. The molecule has 4 rings (SSSR count). The summed E-state index contributed by atoms with van der Waals surface area (Å²) in [5.41, 5.74) is 3.92. The van der Waals surface area contributed by atoms with Crippen molar-refractivity contribution in [2.75, 3.05) is 26.2 Å². The van der Waals surface area contributed by atoms with E-state index in [0.717, 1.165) is 30.6 Å². The quantitative estimate of drug-likeness (QED) is 0.869. The number of morpholine rings is 1. The molecular weight excluding hydrogens is 340 g/mol. The van der Waals surface area contributed by atoms with Crippen LogP contribution in [-0.2, 0) is 24.1 Å². The third-order valence-electron chi connectivity index (χ3n) is 4.74. The zero-order valence-electron chi connectivity index (χ0n) is 14.0. The first-order chi connectivity index (χ1) is 11.8. The van der Waals surface area contributed by atoms with E-state index < -0.39 is 0 Å². The number of rotatable bonds is 3. The molecular formula is C18H23ClN4O2. The predicted octanol–water partition coefficient (Wildman–Crippen LogP) is 1.56. The topological polar surface area (TPSA) is 70.2 Å². The molecule has 1 saturated heterocycles. The van der Waals surface area contributed by atoms with Crippen LogP contribution in [0.3, 0.4) is 0 Å².